The fourth-order valence-corrected chi connectivity index (χ4v) is 12.1. The van der Waals surface area contributed by atoms with E-state index in [9.17, 15) is 39.6 Å². The molecule has 0 unspecified atom stereocenters. The molecule has 0 amide bonds. The van der Waals surface area contributed by atoms with Crippen molar-refractivity contribution in [1.82, 2.24) is 0 Å². The summed E-state index contributed by atoms with van der Waals surface area (Å²) in [5.41, 5.74) is 16.8. The molecule has 408 valence electrons. The molecule has 0 aromatic heterocycles. The van der Waals surface area contributed by atoms with Crippen LogP contribution in [0.2, 0.25) is 0 Å². The van der Waals surface area contributed by atoms with Crippen molar-refractivity contribution in [2.75, 3.05) is 0 Å². The van der Waals surface area contributed by atoms with E-state index in [0.29, 0.717) is 0 Å². The van der Waals surface area contributed by atoms with Crippen LogP contribution in [-0.4, -0.2) is 44.3 Å². The molecule has 0 radical (unpaired) electrons. The number of benzene rings is 14. The molecule has 0 aliphatic heterocycles. The standard InChI is InChI=1S/C78H48O8/c79-75(80)57-25-17-49(18-26-57)45-1-9-53(10-2-45)61-33-37-65-69(41-61)70-42-62(54-11-3-46(4-12-54)50-19-27-58(28-20-50)76(81)82)34-38-66(70)74-68-40-36-64(56-15-7-48(8-16-56)52-23-31-60(32-24-52)78(85)86)44-72(68)71-43-63(35-39-67(71)73(65)74)55-13-5-47(6-14-55)51-21-29-59(30-22-51)77(83)84/h1-44H,(H,79,80)(H,81,82)(H,83,84)(H,85,86). The Kier molecular flexibility index (Phi) is 12.9. The Morgan fingerprint density at radius 1 is 0.163 bits per heavy atom. The fraction of sp³-hybridized carbons (Fsp3) is 0. The Labute approximate surface area is 493 Å². The van der Waals surface area contributed by atoms with Crippen LogP contribution in [0.3, 0.4) is 0 Å². The molecule has 0 heterocycles. The van der Waals surface area contributed by atoms with Gasteiger partial charge in [0.05, 0.1) is 22.3 Å². The summed E-state index contributed by atoms with van der Waals surface area (Å²) in [5, 5.41) is 49.1. The van der Waals surface area contributed by atoms with Crippen LogP contribution in [0.15, 0.2) is 267 Å². The number of aromatic carboxylic acids is 4. The van der Waals surface area contributed by atoms with E-state index >= 15 is 0 Å². The van der Waals surface area contributed by atoms with E-state index < -0.39 is 23.9 Å². The van der Waals surface area contributed by atoms with Crippen LogP contribution < -0.4 is 0 Å². The highest BCUT2D eigenvalue weighted by molar-refractivity contribution is 6.40. The van der Waals surface area contributed by atoms with Gasteiger partial charge in [-0.3, -0.25) is 0 Å². The van der Waals surface area contributed by atoms with Crippen molar-refractivity contribution in [2.24, 2.45) is 0 Å². The summed E-state index contributed by atoms with van der Waals surface area (Å²) in [7, 11) is 0. The molecule has 0 spiro atoms. The molecule has 86 heavy (non-hydrogen) atoms. The summed E-state index contributed by atoms with van der Waals surface area (Å²) in [6.07, 6.45) is 0. The van der Waals surface area contributed by atoms with E-state index in [0.717, 1.165) is 143 Å². The van der Waals surface area contributed by atoms with Crippen LogP contribution in [0.4, 0.5) is 0 Å². The van der Waals surface area contributed by atoms with E-state index in [1.807, 2.05) is 48.5 Å². The maximum atomic E-state index is 11.6. The summed E-state index contributed by atoms with van der Waals surface area (Å²) < 4.78 is 0. The number of hydrogen-bond acceptors (Lipinski definition) is 4. The number of carboxylic acids is 4. The molecule has 14 rings (SSSR count). The third-order valence-corrected chi connectivity index (χ3v) is 16.7. The maximum absolute atomic E-state index is 11.6. The highest BCUT2D eigenvalue weighted by Gasteiger charge is 2.20. The second-order valence-corrected chi connectivity index (χ2v) is 21.6. The van der Waals surface area contributed by atoms with Gasteiger partial charge >= 0.3 is 23.9 Å². The number of fused-ring (bicyclic) bond motifs is 11. The van der Waals surface area contributed by atoms with Crippen LogP contribution in [0.1, 0.15) is 41.4 Å². The van der Waals surface area contributed by atoms with Gasteiger partial charge in [0.1, 0.15) is 0 Å². The third-order valence-electron chi connectivity index (χ3n) is 16.7. The molecule has 8 nitrogen and oxygen atoms in total. The first-order valence-corrected chi connectivity index (χ1v) is 28.0. The van der Waals surface area contributed by atoms with Crippen molar-refractivity contribution in [3.8, 4) is 89.0 Å². The molecule has 0 aliphatic carbocycles. The van der Waals surface area contributed by atoms with Gasteiger partial charge in [-0.1, -0.05) is 194 Å². The predicted octanol–water partition coefficient (Wildman–Crippen LogP) is 19.6. The fourth-order valence-electron chi connectivity index (χ4n) is 12.1. The van der Waals surface area contributed by atoms with Crippen LogP contribution >= 0.6 is 0 Å². The van der Waals surface area contributed by atoms with E-state index in [2.05, 4.69) is 170 Å². The zero-order valence-corrected chi connectivity index (χ0v) is 45.8. The lowest BCUT2D eigenvalue weighted by atomic mass is 9.84. The molecule has 0 fully saturated rings. The predicted molar refractivity (Wildman–Crippen MR) is 345 cm³/mol. The van der Waals surface area contributed by atoms with E-state index in [1.165, 1.54) is 0 Å². The van der Waals surface area contributed by atoms with Gasteiger partial charge in [0.2, 0.25) is 0 Å². The van der Waals surface area contributed by atoms with Gasteiger partial charge < -0.3 is 20.4 Å². The highest BCUT2D eigenvalue weighted by atomic mass is 16.4. The largest absolute Gasteiger partial charge is 0.478 e. The average Bonchev–Trinajstić information content (AvgIpc) is 1.50. The first kappa shape index (κ1) is 52.3. The Morgan fingerprint density at radius 3 is 0.442 bits per heavy atom. The monoisotopic (exact) mass is 1110 g/mol. The van der Waals surface area contributed by atoms with E-state index in [-0.39, 0.29) is 22.3 Å². The summed E-state index contributed by atoms with van der Waals surface area (Å²) in [6, 6.07) is 88.2. The normalized spacial score (nSPS) is 11.4. The summed E-state index contributed by atoms with van der Waals surface area (Å²) in [6.45, 7) is 0. The molecular formula is C78H48O8. The van der Waals surface area contributed by atoms with Gasteiger partial charge in [0.15, 0.2) is 0 Å². The zero-order chi connectivity index (χ0) is 58.7. The molecule has 0 aliphatic rings. The second kappa shape index (κ2) is 21.2. The van der Waals surface area contributed by atoms with Crippen molar-refractivity contribution in [2.45, 2.75) is 0 Å². The SMILES string of the molecule is O=C(O)c1ccc(-c2ccc(-c3ccc4c(c3)c3cc(-c5ccc(-c6ccc(C(=O)O)cc6)cc5)ccc3c3c5ccc(-c6ccc(-c7ccc(C(=O)O)cc7)cc6)cc5c5cc(-c6ccc(-c7ccc(C(=O)O)cc7)cc6)ccc5c43)cc2)cc1. The van der Waals surface area contributed by atoms with Crippen molar-refractivity contribution in [3.05, 3.63) is 289 Å². The molecule has 0 saturated heterocycles. The summed E-state index contributed by atoms with van der Waals surface area (Å²) in [5.74, 6) is -3.86. The maximum Gasteiger partial charge on any atom is 0.335 e. The summed E-state index contributed by atoms with van der Waals surface area (Å²) in [4.78, 5) is 46.5. The second-order valence-electron chi connectivity index (χ2n) is 21.6. The molecule has 4 N–H and O–H groups in total. The van der Waals surface area contributed by atoms with Crippen molar-refractivity contribution < 1.29 is 39.6 Å². The first-order valence-electron chi connectivity index (χ1n) is 28.0. The first-order chi connectivity index (χ1) is 41.9. The lowest BCUT2D eigenvalue weighted by molar-refractivity contribution is 0.0686. The molecule has 14 aromatic rings. The van der Waals surface area contributed by atoms with E-state index in [1.54, 1.807) is 48.5 Å². The van der Waals surface area contributed by atoms with E-state index in [4.69, 9.17) is 0 Å². The lowest BCUT2D eigenvalue weighted by Gasteiger charge is -2.19. The van der Waals surface area contributed by atoms with Crippen LogP contribution in [0.5, 0.6) is 0 Å². The number of carbonyl (C=O) groups is 4. The lowest BCUT2D eigenvalue weighted by Crippen LogP contribution is -1.95. The van der Waals surface area contributed by atoms with Gasteiger partial charge in [0.25, 0.3) is 0 Å². The van der Waals surface area contributed by atoms with Gasteiger partial charge in [-0.05, 0) is 216 Å². The van der Waals surface area contributed by atoms with Crippen LogP contribution in [0, 0.1) is 0 Å². The minimum absolute atomic E-state index is 0.236. The zero-order valence-electron chi connectivity index (χ0n) is 45.8. The topological polar surface area (TPSA) is 149 Å². The Balaban J connectivity index is 0.961. The quantitative estimate of drug-likeness (QED) is 0.0884. The van der Waals surface area contributed by atoms with Gasteiger partial charge in [-0.15, -0.1) is 0 Å². The number of hydrogen-bond donors (Lipinski definition) is 4. The molecule has 0 saturated carbocycles. The molecular weight excluding hydrogens is 1060 g/mol. The summed E-state index contributed by atoms with van der Waals surface area (Å²) >= 11 is 0. The molecule has 0 bridgehead atoms. The number of carboxylic acid groups (broad SMARTS) is 4. The number of rotatable bonds is 12. The van der Waals surface area contributed by atoms with Crippen molar-refractivity contribution in [3.63, 3.8) is 0 Å². The molecule has 0 atom stereocenters. The Hall–Kier alpha value is -11.7. The van der Waals surface area contributed by atoms with Gasteiger partial charge in [-0.2, -0.15) is 0 Å². The highest BCUT2D eigenvalue weighted by Crippen LogP contribution is 2.47. The minimum Gasteiger partial charge on any atom is -0.478 e. The minimum atomic E-state index is -0.966. The average molecular weight is 1110 g/mol. The van der Waals surface area contributed by atoms with Gasteiger partial charge in [0, 0.05) is 0 Å². The smallest absolute Gasteiger partial charge is 0.335 e. The van der Waals surface area contributed by atoms with Gasteiger partial charge in [-0.25, -0.2) is 19.2 Å². The molecule has 14 aromatic carbocycles. The van der Waals surface area contributed by atoms with Crippen LogP contribution in [0.25, 0.3) is 143 Å². The molecule has 8 heteroatoms. The van der Waals surface area contributed by atoms with Crippen LogP contribution in [-0.2, 0) is 0 Å². The third kappa shape index (κ3) is 9.53. The van der Waals surface area contributed by atoms with Crippen molar-refractivity contribution in [1.29, 1.82) is 0 Å². The van der Waals surface area contributed by atoms with Crippen molar-refractivity contribution >= 4 is 77.7 Å². The Morgan fingerprint density at radius 2 is 0.291 bits per heavy atom. The Bertz CT molecular complexity index is 4430.